The van der Waals surface area contributed by atoms with Crippen LogP contribution in [0.4, 0.5) is 8.78 Å². The normalized spacial score (nSPS) is 11.8. The number of benzene rings is 2. The van der Waals surface area contributed by atoms with Crippen molar-refractivity contribution in [1.29, 1.82) is 0 Å². The van der Waals surface area contributed by atoms with Gasteiger partial charge in [-0.05, 0) is 56.3 Å². The standard InChI is InChI=1S/C27H20F2N2O/c1-27(2,25-11-5-8-22(30-25)19-14-13-17(28)15-21(19)29)26-12-6-9-23(31-26)20-16-32-24-10-4-3-7-18(20)24/h3-16H,1-2H3. The lowest BCUT2D eigenvalue weighted by molar-refractivity contribution is 0.583. The summed E-state index contributed by atoms with van der Waals surface area (Å²) in [5.74, 6) is -1.25. The van der Waals surface area contributed by atoms with Crippen LogP contribution in [0.3, 0.4) is 0 Å². The van der Waals surface area contributed by atoms with Gasteiger partial charge >= 0.3 is 0 Å². The van der Waals surface area contributed by atoms with E-state index in [0.29, 0.717) is 5.69 Å². The van der Waals surface area contributed by atoms with E-state index in [4.69, 9.17) is 14.4 Å². The molecule has 2 aromatic carbocycles. The number of aromatic nitrogens is 2. The largest absolute Gasteiger partial charge is 0.464 e. The van der Waals surface area contributed by atoms with E-state index in [9.17, 15) is 8.78 Å². The van der Waals surface area contributed by atoms with Gasteiger partial charge in [0.1, 0.15) is 23.5 Å². The predicted molar refractivity (Wildman–Crippen MR) is 121 cm³/mol. The van der Waals surface area contributed by atoms with Gasteiger partial charge in [-0.1, -0.05) is 30.3 Å². The molecule has 0 radical (unpaired) electrons. The van der Waals surface area contributed by atoms with Crippen LogP contribution < -0.4 is 0 Å². The lowest BCUT2D eigenvalue weighted by Gasteiger charge is -2.24. The first-order chi connectivity index (χ1) is 15.4. The van der Waals surface area contributed by atoms with Gasteiger partial charge in [-0.25, -0.2) is 8.78 Å². The highest BCUT2D eigenvalue weighted by Crippen LogP contribution is 2.34. The summed E-state index contributed by atoms with van der Waals surface area (Å²) < 4.78 is 33.3. The summed E-state index contributed by atoms with van der Waals surface area (Å²) in [5, 5.41) is 1.00. The fourth-order valence-corrected chi connectivity index (χ4v) is 3.87. The molecule has 0 aliphatic carbocycles. The Morgan fingerprint density at radius 3 is 2.06 bits per heavy atom. The summed E-state index contributed by atoms with van der Waals surface area (Å²) in [6.45, 7) is 4.06. The zero-order valence-corrected chi connectivity index (χ0v) is 17.6. The minimum atomic E-state index is -0.639. The van der Waals surface area contributed by atoms with Gasteiger partial charge in [0, 0.05) is 28.0 Å². The molecule has 0 fully saturated rings. The first kappa shape index (κ1) is 20.1. The van der Waals surface area contributed by atoms with Crippen molar-refractivity contribution in [3.05, 3.63) is 108 Å². The van der Waals surface area contributed by atoms with Gasteiger partial charge < -0.3 is 4.42 Å². The Labute approximate surface area is 184 Å². The molecule has 3 aromatic heterocycles. The number of fused-ring (bicyclic) bond motifs is 1. The highest BCUT2D eigenvalue weighted by Gasteiger charge is 2.27. The molecule has 0 amide bonds. The van der Waals surface area contributed by atoms with Crippen molar-refractivity contribution in [2.24, 2.45) is 0 Å². The molecule has 0 saturated carbocycles. The van der Waals surface area contributed by atoms with E-state index < -0.39 is 17.0 Å². The number of hydrogen-bond acceptors (Lipinski definition) is 3. The fourth-order valence-electron chi connectivity index (χ4n) is 3.87. The van der Waals surface area contributed by atoms with Crippen LogP contribution in [0.1, 0.15) is 25.2 Å². The van der Waals surface area contributed by atoms with E-state index in [-0.39, 0.29) is 5.56 Å². The Hall–Kier alpha value is -3.86. The lowest BCUT2D eigenvalue weighted by Crippen LogP contribution is -2.22. The second-order valence-corrected chi connectivity index (χ2v) is 8.21. The van der Waals surface area contributed by atoms with E-state index in [1.165, 1.54) is 12.1 Å². The summed E-state index contributed by atoms with van der Waals surface area (Å²) in [6.07, 6.45) is 1.72. The van der Waals surface area contributed by atoms with E-state index in [2.05, 4.69) is 0 Å². The highest BCUT2D eigenvalue weighted by molar-refractivity contribution is 5.92. The molecule has 0 aliphatic rings. The molecule has 158 valence electrons. The average Bonchev–Trinajstić information content (AvgIpc) is 3.23. The maximum atomic E-state index is 14.3. The zero-order valence-electron chi connectivity index (χ0n) is 17.6. The van der Waals surface area contributed by atoms with Gasteiger partial charge in [0.2, 0.25) is 0 Å². The minimum absolute atomic E-state index is 0.260. The molecule has 0 unspecified atom stereocenters. The van der Waals surface area contributed by atoms with Gasteiger partial charge in [0.15, 0.2) is 0 Å². The van der Waals surface area contributed by atoms with Crippen LogP contribution in [0.5, 0.6) is 0 Å². The predicted octanol–water partition coefficient (Wildman–Crippen LogP) is 7.16. The number of hydrogen-bond donors (Lipinski definition) is 0. The van der Waals surface area contributed by atoms with E-state index in [0.717, 1.165) is 39.7 Å². The van der Waals surface area contributed by atoms with Crippen molar-refractivity contribution < 1.29 is 13.2 Å². The Balaban J connectivity index is 1.56. The van der Waals surface area contributed by atoms with Crippen molar-refractivity contribution >= 4 is 11.0 Å². The maximum absolute atomic E-state index is 14.3. The van der Waals surface area contributed by atoms with Crippen LogP contribution in [-0.2, 0) is 5.41 Å². The smallest absolute Gasteiger partial charge is 0.135 e. The van der Waals surface area contributed by atoms with E-state index in [1.54, 1.807) is 12.3 Å². The molecule has 3 heterocycles. The number of rotatable bonds is 4. The lowest BCUT2D eigenvalue weighted by atomic mass is 9.84. The summed E-state index contributed by atoms with van der Waals surface area (Å²) in [4.78, 5) is 9.62. The molecule has 0 spiro atoms. The second-order valence-electron chi connectivity index (χ2n) is 8.21. The highest BCUT2D eigenvalue weighted by atomic mass is 19.1. The first-order valence-electron chi connectivity index (χ1n) is 10.3. The van der Waals surface area contributed by atoms with Crippen molar-refractivity contribution in [3.8, 4) is 22.5 Å². The molecular weight excluding hydrogens is 406 g/mol. The third kappa shape index (κ3) is 3.46. The van der Waals surface area contributed by atoms with Crippen LogP contribution in [-0.4, -0.2) is 9.97 Å². The maximum Gasteiger partial charge on any atom is 0.135 e. The van der Waals surface area contributed by atoms with Crippen LogP contribution in [0.15, 0.2) is 89.5 Å². The second kappa shape index (κ2) is 7.68. The molecule has 5 rings (SSSR count). The monoisotopic (exact) mass is 426 g/mol. The van der Waals surface area contributed by atoms with Gasteiger partial charge in [-0.2, -0.15) is 0 Å². The summed E-state index contributed by atoms with van der Waals surface area (Å²) in [5.41, 5.74) is 4.26. The van der Waals surface area contributed by atoms with Crippen molar-refractivity contribution in [2.45, 2.75) is 19.3 Å². The van der Waals surface area contributed by atoms with Gasteiger partial charge in [0.05, 0.1) is 22.8 Å². The summed E-state index contributed by atoms with van der Waals surface area (Å²) in [6, 6.07) is 22.7. The topological polar surface area (TPSA) is 38.9 Å². The number of pyridine rings is 2. The number of furan rings is 1. The first-order valence-corrected chi connectivity index (χ1v) is 10.3. The molecule has 0 aliphatic heterocycles. The number of para-hydroxylation sites is 1. The average molecular weight is 426 g/mol. The molecule has 0 N–H and O–H groups in total. The van der Waals surface area contributed by atoms with Gasteiger partial charge in [-0.15, -0.1) is 0 Å². The Kier molecular flexibility index (Phi) is 4.82. The third-order valence-corrected chi connectivity index (χ3v) is 5.74. The molecule has 3 nitrogen and oxygen atoms in total. The van der Waals surface area contributed by atoms with Crippen LogP contribution in [0, 0.1) is 11.6 Å². The van der Waals surface area contributed by atoms with Crippen LogP contribution in [0.2, 0.25) is 0 Å². The fraction of sp³-hybridized carbons (Fsp3) is 0.111. The minimum Gasteiger partial charge on any atom is -0.464 e. The summed E-state index contributed by atoms with van der Waals surface area (Å²) in [7, 11) is 0. The van der Waals surface area contributed by atoms with Gasteiger partial charge in [-0.3, -0.25) is 9.97 Å². The number of nitrogens with zero attached hydrogens (tertiary/aromatic N) is 2. The summed E-state index contributed by atoms with van der Waals surface area (Å²) >= 11 is 0. The third-order valence-electron chi connectivity index (χ3n) is 5.74. The van der Waals surface area contributed by atoms with Gasteiger partial charge in [0.25, 0.3) is 0 Å². The zero-order chi connectivity index (χ0) is 22.3. The van der Waals surface area contributed by atoms with E-state index in [1.807, 2.05) is 68.4 Å². The molecule has 32 heavy (non-hydrogen) atoms. The SMILES string of the molecule is CC(C)(c1cccc(-c2ccc(F)cc2F)n1)c1cccc(-c2coc3ccccc23)n1. The van der Waals surface area contributed by atoms with Crippen LogP contribution >= 0.6 is 0 Å². The molecule has 0 bridgehead atoms. The molecule has 0 saturated heterocycles. The van der Waals surface area contributed by atoms with Crippen molar-refractivity contribution in [2.75, 3.05) is 0 Å². The Bertz CT molecular complexity index is 1440. The molecule has 0 atom stereocenters. The van der Waals surface area contributed by atoms with E-state index >= 15 is 0 Å². The Morgan fingerprint density at radius 1 is 0.719 bits per heavy atom. The van der Waals surface area contributed by atoms with Crippen LogP contribution in [0.25, 0.3) is 33.5 Å². The Morgan fingerprint density at radius 2 is 1.38 bits per heavy atom. The van der Waals surface area contributed by atoms with Crippen molar-refractivity contribution in [3.63, 3.8) is 0 Å². The van der Waals surface area contributed by atoms with Crippen molar-refractivity contribution in [1.82, 2.24) is 9.97 Å². The molecule has 5 heteroatoms. The quantitative estimate of drug-likeness (QED) is 0.306. The number of halogens is 2. The molecule has 5 aromatic rings. The molecular formula is C27H20F2N2O.